The van der Waals surface area contributed by atoms with Gasteiger partial charge >= 0.3 is 6.18 Å². The monoisotopic (exact) mass is 296 g/mol. The maximum Gasteiger partial charge on any atom is 0.417 e. The molecular weight excluding hydrogens is 281 g/mol. The second kappa shape index (κ2) is 6.58. The van der Waals surface area contributed by atoms with Gasteiger partial charge < -0.3 is 10.0 Å². The number of hydrogen-bond donors (Lipinski definition) is 1. The van der Waals surface area contributed by atoms with Crippen LogP contribution in [0.5, 0.6) is 0 Å². The molecule has 0 aliphatic carbocycles. The zero-order chi connectivity index (χ0) is 15.3. The average Bonchev–Trinajstić information content (AvgIpc) is 2.47. The highest BCUT2D eigenvalue weighted by molar-refractivity contribution is 5.41. The van der Waals surface area contributed by atoms with Crippen LogP contribution in [0.2, 0.25) is 0 Å². The summed E-state index contributed by atoms with van der Waals surface area (Å²) in [4.78, 5) is 5.59. The van der Waals surface area contributed by atoms with E-state index in [1.54, 1.807) is 4.90 Å². The molecule has 1 N–H and O–H groups in total. The number of aliphatic hydroxyl groups excluding tert-OH is 1. The third kappa shape index (κ3) is 4.19. The summed E-state index contributed by atoms with van der Waals surface area (Å²) in [5, 5.41) is 9.11. The van der Waals surface area contributed by atoms with Gasteiger partial charge in [0.05, 0.1) is 12.2 Å². The van der Waals surface area contributed by atoms with Crippen LogP contribution in [0.4, 0.5) is 19.0 Å². The largest absolute Gasteiger partial charge is 0.417 e. The molecule has 0 unspecified atom stereocenters. The highest BCUT2D eigenvalue weighted by Gasteiger charge is 2.30. The number of aromatic nitrogens is 1. The van der Waals surface area contributed by atoms with Crippen LogP contribution in [0, 0.1) is 0 Å². The fourth-order valence-electron chi connectivity index (χ4n) is 1.94. The molecule has 0 saturated heterocycles. The highest BCUT2D eigenvalue weighted by Crippen LogP contribution is 2.29. The fraction of sp³-hybridized carbons (Fsp3) is 0.267. The Morgan fingerprint density at radius 3 is 2.29 bits per heavy atom. The quantitative estimate of drug-likeness (QED) is 0.921. The lowest BCUT2D eigenvalue weighted by Crippen LogP contribution is -2.27. The summed E-state index contributed by atoms with van der Waals surface area (Å²) < 4.78 is 37.6. The normalized spacial score (nSPS) is 11.4. The van der Waals surface area contributed by atoms with Crippen LogP contribution < -0.4 is 4.90 Å². The maximum absolute atomic E-state index is 12.5. The number of anilines is 1. The van der Waals surface area contributed by atoms with Crippen LogP contribution in [0.1, 0.15) is 11.1 Å². The minimum atomic E-state index is -4.40. The van der Waals surface area contributed by atoms with Crippen LogP contribution in [0.15, 0.2) is 48.7 Å². The molecule has 112 valence electrons. The molecule has 0 amide bonds. The van der Waals surface area contributed by atoms with Crippen molar-refractivity contribution in [2.45, 2.75) is 12.7 Å². The Balaban J connectivity index is 2.18. The Hall–Kier alpha value is -2.08. The van der Waals surface area contributed by atoms with E-state index >= 15 is 0 Å². The third-order valence-electron chi connectivity index (χ3n) is 2.99. The molecule has 3 nitrogen and oxygen atoms in total. The molecule has 0 aliphatic heterocycles. The number of rotatable bonds is 5. The number of halogens is 3. The molecular formula is C15H15F3N2O. The van der Waals surface area contributed by atoms with Gasteiger partial charge in [-0.05, 0) is 17.7 Å². The summed E-state index contributed by atoms with van der Waals surface area (Å²) >= 11 is 0. The van der Waals surface area contributed by atoms with E-state index in [-0.39, 0.29) is 6.61 Å². The average molecular weight is 296 g/mol. The van der Waals surface area contributed by atoms with Gasteiger partial charge in [0, 0.05) is 19.3 Å². The molecule has 0 radical (unpaired) electrons. The predicted octanol–water partition coefficient (Wildman–Crippen LogP) is 3.10. The standard InChI is InChI=1S/C15H15F3N2O/c16-15(17,18)13-6-7-14(19-10-13)20(8-9-21)11-12-4-2-1-3-5-12/h1-7,10,21H,8-9,11H2. The Labute approximate surface area is 120 Å². The van der Waals surface area contributed by atoms with Crippen molar-refractivity contribution < 1.29 is 18.3 Å². The van der Waals surface area contributed by atoms with Gasteiger partial charge in [-0.15, -0.1) is 0 Å². The van der Waals surface area contributed by atoms with Gasteiger partial charge in [0.1, 0.15) is 5.82 Å². The predicted molar refractivity (Wildman–Crippen MR) is 73.8 cm³/mol. The third-order valence-corrected chi connectivity index (χ3v) is 2.99. The molecule has 2 rings (SSSR count). The lowest BCUT2D eigenvalue weighted by atomic mass is 10.2. The number of alkyl halides is 3. The first-order chi connectivity index (χ1) is 10.0. The van der Waals surface area contributed by atoms with Gasteiger partial charge in [-0.25, -0.2) is 4.98 Å². The van der Waals surface area contributed by atoms with Crippen molar-refractivity contribution >= 4 is 5.82 Å². The van der Waals surface area contributed by atoms with Gasteiger partial charge in [0.25, 0.3) is 0 Å². The van der Waals surface area contributed by atoms with E-state index in [0.717, 1.165) is 17.8 Å². The van der Waals surface area contributed by atoms with Crippen LogP contribution in [-0.2, 0) is 12.7 Å². The first-order valence-electron chi connectivity index (χ1n) is 6.43. The molecule has 0 bridgehead atoms. The van der Waals surface area contributed by atoms with Crippen molar-refractivity contribution in [3.8, 4) is 0 Å². The summed E-state index contributed by atoms with van der Waals surface area (Å²) in [5.41, 5.74) is 0.211. The van der Waals surface area contributed by atoms with E-state index < -0.39 is 11.7 Å². The molecule has 2 aromatic rings. The first-order valence-corrected chi connectivity index (χ1v) is 6.43. The summed E-state index contributed by atoms with van der Waals surface area (Å²) in [5.74, 6) is 0.404. The summed E-state index contributed by atoms with van der Waals surface area (Å²) in [6, 6.07) is 11.8. The van der Waals surface area contributed by atoms with Crippen molar-refractivity contribution in [3.05, 3.63) is 59.8 Å². The molecule has 1 aromatic carbocycles. The molecule has 21 heavy (non-hydrogen) atoms. The van der Waals surface area contributed by atoms with Crippen LogP contribution in [0.25, 0.3) is 0 Å². The molecule has 0 fully saturated rings. The SMILES string of the molecule is OCCN(Cc1ccccc1)c1ccc(C(F)(F)F)cn1. The Bertz CT molecular complexity index is 555. The zero-order valence-electron chi connectivity index (χ0n) is 11.2. The maximum atomic E-state index is 12.5. The van der Waals surface area contributed by atoms with Gasteiger partial charge in [-0.3, -0.25) is 0 Å². The number of pyridine rings is 1. The van der Waals surface area contributed by atoms with Crippen LogP contribution >= 0.6 is 0 Å². The summed E-state index contributed by atoms with van der Waals surface area (Å²) in [7, 11) is 0. The van der Waals surface area contributed by atoms with Crippen molar-refractivity contribution in [2.24, 2.45) is 0 Å². The molecule has 0 saturated carbocycles. The van der Waals surface area contributed by atoms with E-state index in [0.29, 0.717) is 18.9 Å². The second-order valence-electron chi connectivity index (χ2n) is 4.53. The van der Waals surface area contributed by atoms with Crippen molar-refractivity contribution in [1.29, 1.82) is 0 Å². The molecule has 6 heteroatoms. The van der Waals surface area contributed by atoms with E-state index in [2.05, 4.69) is 4.98 Å². The van der Waals surface area contributed by atoms with Crippen LogP contribution in [-0.4, -0.2) is 23.2 Å². The Kier molecular flexibility index (Phi) is 4.80. The van der Waals surface area contributed by atoms with Gasteiger partial charge in [0.2, 0.25) is 0 Å². The molecule has 0 aliphatic rings. The summed E-state index contributed by atoms with van der Waals surface area (Å²) in [6.07, 6.45) is -3.59. The van der Waals surface area contributed by atoms with Gasteiger partial charge in [-0.2, -0.15) is 13.2 Å². The summed E-state index contributed by atoms with van der Waals surface area (Å²) in [6.45, 7) is 0.669. The topological polar surface area (TPSA) is 36.4 Å². The zero-order valence-corrected chi connectivity index (χ0v) is 11.2. The van der Waals surface area contributed by atoms with E-state index in [4.69, 9.17) is 5.11 Å². The van der Waals surface area contributed by atoms with E-state index in [1.165, 1.54) is 6.07 Å². The smallest absolute Gasteiger partial charge is 0.395 e. The fourth-order valence-corrected chi connectivity index (χ4v) is 1.94. The first kappa shape index (κ1) is 15.3. The van der Waals surface area contributed by atoms with Gasteiger partial charge in [-0.1, -0.05) is 30.3 Å². The number of nitrogens with zero attached hydrogens (tertiary/aromatic N) is 2. The van der Waals surface area contributed by atoms with Crippen molar-refractivity contribution in [3.63, 3.8) is 0 Å². The number of benzene rings is 1. The number of hydrogen-bond acceptors (Lipinski definition) is 3. The van der Waals surface area contributed by atoms with E-state index in [9.17, 15) is 13.2 Å². The Morgan fingerprint density at radius 2 is 1.76 bits per heavy atom. The van der Waals surface area contributed by atoms with E-state index in [1.807, 2.05) is 30.3 Å². The highest BCUT2D eigenvalue weighted by atomic mass is 19.4. The molecule has 1 aromatic heterocycles. The van der Waals surface area contributed by atoms with Gasteiger partial charge in [0.15, 0.2) is 0 Å². The minimum Gasteiger partial charge on any atom is -0.395 e. The molecule has 0 atom stereocenters. The van der Waals surface area contributed by atoms with Crippen LogP contribution in [0.3, 0.4) is 0 Å². The lowest BCUT2D eigenvalue weighted by Gasteiger charge is -2.23. The Morgan fingerprint density at radius 1 is 1.05 bits per heavy atom. The number of aliphatic hydroxyl groups is 1. The molecule has 0 spiro atoms. The molecule has 1 heterocycles. The van der Waals surface area contributed by atoms with Crippen molar-refractivity contribution in [2.75, 3.05) is 18.1 Å². The van der Waals surface area contributed by atoms with Crippen molar-refractivity contribution in [1.82, 2.24) is 4.98 Å². The lowest BCUT2D eigenvalue weighted by molar-refractivity contribution is -0.137. The second-order valence-corrected chi connectivity index (χ2v) is 4.53. The minimum absolute atomic E-state index is 0.102.